The van der Waals surface area contributed by atoms with E-state index >= 15 is 0 Å². The van der Waals surface area contributed by atoms with Gasteiger partial charge in [-0.3, -0.25) is 0 Å². The van der Waals surface area contributed by atoms with Crippen LogP contribution in [-0.4, -0.2) is 0 Å². The van der Waals surface area contributed by atoms with Gasteiger partial charge in [0.2, 0.25) is 0 Å². The van der Waals surface area contributed by atoms with Crippen LogP contribution in [-0.2, 0) is 28.1 Å². The number of hydrogen-bond acceptors (Lipinski definition) is 2. The van der Waals surface area contributed by atoms with Crippen LogP contribution >= 0.6 is 19.0 Å². The van der Waals surface area contributed by atoms with Crippen LogP contribution in [0.3, 0.4) is 0 Å². The summed E-state index contributed by atoms with van der Waals surface area (Å²) in [6.07, 6.45) is 1.77. The molecule has 0 spiro atoms. The Hall–Kier alpha value is -1.24. The first-order chi connectivity index (χ1) is 16.3. The molecule has 0 fully saturated rings. The minimum Gasteiger partial charge on any atom is -0.427 e. The Bertz CT molecular complexity index is 1070. The predicted molar refractivity (Wildman–Crippen MR) is 160 cm³/mol. The first-order valence-corrected chi connectivity index (χ1v) is 15.6. The molecule has 0 aliphatic carbocycles. The average Bonchev–Trinajstić information content (AvgIpc) is 2.73. The maximum Gasteiger partial charge on any atom is 0.401 e. The van der Waals surface area contributed by atoms with Gasteiger partial charge in [0.15, 0.2) is 0 Å². The van der Waals surface area contributed by atoms with Crippen molar-refractivity contribution in [1.29, 1.82) is 0 Å². The molecular formula is C32H50ClO2P. The van der Waals surface area contributed by atoms with Gasteiger partial charge in [0.1, 0.15) is 11.5 Å². The van der Waals surface area contributed by atoms with E-state index in [1.807, 2.05) is 13.8 Å². The summed E-state index contributed by atoms with van der Waals surface area (Å²) >= 11 is 6.82. The fourth-order valence-electron chi connectivity index (χ4n) is 4.34. The highest BCUT2D eigenvalue weighted by Crippen LogP contribution is 2.54. The van der Waals surface area contributed by atoms with Gasteiger partial charge in [-0.1, -0.05) is 121 Å². The van der Waals surface area contributed by atoms with Gasteiger partial charge in [-0.2, -0.15) is 0 Å². The fraction of sp³-hybridized carbons (Fsp3) is 0.625. The topological polar surface area (TPSA) is 18.5 Å². The van der Waals surface area contributed by atoms with Crippen LogP contribution in [0.4, 0.5) is 0 Å². The van der Waals surface area contributed by atoms with Crippen molar-refractivity contribution >= 4 is 19.0 Å². The molecule has 1 aliphatic heterocycles. The summed E-state index contributed by atoms with van der Waals surface area (Å²) < 4.78 is 12.9. The van der Waals surface area contributed by atoms with E-state index in [4.69, 9.17) is 20.3 Å². The first-order valence-electron chi connectivity index (χ1n) is 13.5. The quantitative estimate of drug-likeness (QED) is 0.358. The van der Waals surface area contributed by atoms with E-state index in [9.17, 15) is 0 Å². The van der Waals surface area contributed by atoms with Crippen molar-refractivity contribution in [2.45, 2.75) is 131 Å². The van der Waals surface area contributed by atoms with Crippen molar-refractivity contribution in [3.63, 3.8) is 0 Å². The molecule has 36 heavy (non-hydrogen) atoms. The third-order valence-corrected chi connectivity index (χ3v) is 8.26. The molecule has 1 unspecified atom stereocenters. The van der Waals surface area contributed by atoms with Crippen molar-refractivity contribution in [2.75, 3.05) is 0 Å². The number of rotatable bonds is 2. The lowest BCUT2D eigenvalue weighted by Crippen LogP contribution is -2.22. The molecule has 202 valence electrons. The van der Waals surface area contributed by atoms with Crippen LogP contribution in [0.5, 0.6) is 11.5 Å². The lowest BCUT2D eigenvalue weighted by Gasteiger charge is -2.34. The highest BCUT2D eigenvalue weighted by atomic mass is 35.7. The lowest BCUT2D eigenvalue weighted by atomic mass is 9.75. The summed E-state index contributed by atoms with van der Waals surface area (Å²) in [5.41, 5.74) is 7.41. The number of hydrogen-bond donors (Lipinski definition) is 0. The molecule has 1 atom stereocenters. The maximum absolute atomic E-state index is 6.82. The van der Waals surface area contributed by atoms with E-state index in [0.717, 1.165) is 24.3 Å². The maximum atomic E-state index is 6.82. The minimum atomic E-state index is -1.64. The van der Waals surface area contributed by atoms with Crippen LogP contribution in [0, 0.1) is 0 Å². The van der Waals surface area contributed by atoms with E-state index < -0.39 is 7.73 Å². The summed E-state index contributed by atoms with van der Waals surface area (Å²) in [6.45, 7) is 31.2. The van der Waals surface area contributed by atoms with E-state index in [2.05, 4.69) is 107 Å². The summed E-state index contributed by atoms with van der Waals surface area (Å²) in [6, 6.07) is 9.30. The van der Waals surface area contributed by atoms with Crippen LogP contribution in [0.15, 0.2) is 24.3 Å². The molecule has 0 saturated heterocycles. The predicted octanol–water partition coefficient (Wildman–Crippen LogP) is 11.1. The minimum absolute atomic E-state index is 0.0326. The molecule has 0 bridgehead atoms. The fourth-order valence-corrected chi connectivity index (χ4v) is 5.51. The molecule has 0 N–H and O–H groups in total. The Balaban J connectivity index is 0.00000222. The Kier molecular flexibility index (Phi) is 9.35. The highest BCUT2D eigenvalue weighted by molar-refractivity contribution is 7.76. The van der Waals surface area contributed by atoms with Crippen LogP contribution in [0.1, 0.15) is 137 Å². The summed E-state index contributed by atoms with van der Waals surface area (Å²) in [5.74, 6) is 1.80. The van der Waals surface area contributed by atoms with Gasteiger partial charge in [-0.05, 0) is 61.6 Å². The second-order valence-electron chi connectivity index (χ2n) is 13.6. The highest BCUT2D eigenvalue weighted by Gasteiger charge is 2.34. The molecule has 4 heteroatoms. The van der Waals surface area contributed by atoms with Crippen LogP contribution in [0.25, 0.3) is 0 Å². The molecule has 1 heterocycles. The van der Waals surface area contributed by atoms with Gasteiger partial charge >= 0.3 is 7.73 Å². The number of halogens is 1. The molecule has 2 aromatic carbocycles. The normalized spacial score (nSPS) is 16.4. The summed E-state index contributed by atoms with van der Waals surface area (Å²) in [5, 5.41) is 0. The molecule has 0 radical (unpaired) electrons. The summed E-state index contributed by atoms with van der Waals surface area (Å²) in [4.78, 5) is 0. The average molecular weight is 533 g/mol. The van der Waals surface area contributed by atoms with Crippen LogP contribution in [0.2, 0.25) is 0 Å². The molecule has 0 aromatic heterocycles. The molecule has 2 nitrogen and oxygen atoms in total. The first kappa shape index (κ1) is 31.0. The third kappa shape index (κ3) is 6.79. The third-order valence-electron chi connectivity index (χ3n) is 7.19. The molecule has 0 saturated carbocycles. The smallest absolute Gasteiger partial charge is 0.401 e. The second-order valence-corrected chi connectivity index (χ2v) is 15.2. The van der Waals surface area contributed by atoms with Crippen molar-refractivity contribution in [1.82, 2.24) is 0 Å². The van der Waals surface area contributed by atoms with Gasteiger partial charge in [0, 0.05) is 17.5 Å². The van der Waals surface area contributed by atoms with E-state index in [-0.39, 0.29) is 21.7 Å². The van der Waals surface area contributed by atoms with E-state index in [0.29, 0.717) is 0 Å². The van der Waals surface area contributed by atoms with Gasteiger partial charge in [0.05, 0.1) is 0 Å². The van der Waals surface area contributed by atoms with Crippen molar-refractivity contribution in [3.05, 3.63) is 57.6 Å². The van der Waals surface area contributed by atoms with Gasteiger partial charge in [0.25, 0.3) is 0 Å². The van der Waals surface area contributed by atoms with Crippen molar-refractivity contribution in [2.24, 2.45) is 0 Å². The Morgan fingerprint density at radius 2 is 1.06 bits per heavy atom. The van der Waals surface area contributed by atoms with Crippen molar-refractivity contribution in [3.8, 4) is 11.5 Å². The lowest BCUT2D eigenvalue weighted by molar-refractivity contribution is 0.444. The standard InChI is InChI=1S/C30H44ClO2P.C2H6/c1-13-30(11,12)24-18-22(28(5,6)7)16-20-14-19-15-21(27(2,3)4)17-23(29(8,9)10)25(19)32-34(31)33-26(20)24;1-2/h15-18H,13-14H2,1-12H3;1-2H3. The largest absolute Gasteiger partial charge is 0.427 e. The van der Waals surface area contributed by atoms with Gasteiger partial charge in [-0.25, -0.2) is 0 Å². The monoisotopic (exact) mass is 532 g/mol. The Morgan fingerprint density at radius 1 is 0.667 bits per heavy atom. The Morgan fingerprint density at radius 3 is 1.42 bits per heavy atom. The second kappa shape index (κ2) is 10.9. The number of fused-ring (bicyclic) bond motifs is 2. The Labute approximate surface area is 228 Å². The molecular weight excluding hydrogens is 483 g/mol. The zero-order valence-corrected chi connectivity index (χ0v) is 27.0. The van der Waals surface area contributed by atoms with Gasteiger partial charge < -0.3 is 9.05 Å². The number of benzene rings is 2. The SMILES string of the molecule is CC.CCC(C)(C)c1cc(C(C)(C)C)cc2c1OP(Cl)Oc1c(cc(C(C)(C)C)cc1C(C)(C)C)C2. The van der Waals surface area contributed by atoms with Crippen molar-refractivity contribution < 1.29 is 9.05 Å². The van der Waals surface area contributed by atoms with E-state index in [1.54, 1.807) is 0 Å². The van der Waals surface area contributed by atoms with Crippen LogP contribution < -0.4 is 9.05 Å². The summed E-state index contributed by atoms with van der Waals surface area (Å²) in [7, 11) is -1.64. The zero-order valence-electron chi connectivity index (χ0n) is 25.4. The van der Waals surface area contributed by atoms with E-state index in [1.165, 1.54) is 33.4 Å². The molecule has 2 aromatic rings. The molecule has 3 rings (SSSR count). The van der Waals surface area contributed by atoms with Gasteiger partial charge in [-0.15, -0.1) is 0 Å². The molecule has 0 amide bonds. The zero-order chi connectivity index (χ0) is 27.9. The molecule has 1 aliphatic rings.